The molecule has 1 fully saturated rings. The van der Waals surface area contributed by atoms with E-state index in [9.17, 15) is 0 Å². The van der Waals surface area contributed by atoms with Crippen LogP contribution in [0.5, 0.6) is 0 Å². The lowest BCUT2D eigenvalue weighted by Gasteiger charge is -2.37. The summed E-state index contributed by atoms with van der Waals surface area (Å²) in [5.41, 5.74) is 6.88. The summed E-state index contributed by atoms with van der Waals surface area (Å²) < 4.78 is 0. The Morgan fingerprint density at radius 2 is 1.54 bits per heavy atom. The predicted octanol–water partition coefficient (Wildman–Crippen LogP) is 3.69. The van der Waals surface area contributed by atoms with Crippen molar-refractivity contribution in [1.82, 2.24) is 4.90 Å². The van der Waals surface area contributed by atoms with E-state index in [2.05, 4.69) is 85.1 Å². The fourth-order valence-corrected chi connectivity index (χ4v) is 3.38. The molecule has 0 aliphatic carbocycles. The molecule has 0 amide bonds. The number of hydrogen-bond donors (Lipinski definition) is 0. The molecule has 3 heteroatoms. The van der Waals surface area contributed by atoms with E-state index in [1.165, 1.54) is 28.1 Å². The Morgan fingerprint density at radius 3 is 2.17 bits per heavy atom. The zero-order valence-corrected chi connectivity index (χ0v) is 15.4. The Bertz CT molecular complexity index is 668. The Balaban J connectivity index is 1.58. The summed E-state index contributed by atoms with van der Waals surface area (Å²) in [6, 6.07) is 15.6. The van der Waals surface area contributed by atoms with E-state index in [4.69, 9.17) is 0 Å². The van der Waals surface area contributed by atoms with Crippen molar-refractivity contribution in [2.75, 3.05) is 50.1 Å². The van der Waals surface area contributed by atoms with Crippen molar-refractivity contribution in [3.8, 4) is 0 Å². The number of anilines is 2. The molecule has 3 rings (SSSR count). The van der Waals surface area contributed by atoms with Crippen molar-refractivity contribution >= 4 is 11.4 Å². The number of piperazine rings is 1. The SMILES string of the molecule is Cc1cccc(N2CCN(Cc3ccc(N(C)C)cc3)CC2)c1C. The first-order valence-corrected chi connectivity index (χ1v) is 8.84. The number of nitrogens with zero attached hydrogens (tertiary/aromatic N) is 3. The molecule has 0 spiro atoms. The smallest absolute Gasteiger partial charge is 0.0399 e. The lowest BCUT2D eigenvalue weighted by molar-refractivity contribution is 0.250. The van der Waals surface area contributed by atoms with Crippen LogP contribution in [0.25, 0.3) is 0 Å². The van der Waals surface area contributed by atoms with Crippen LogP contribution >= 0.6 is 0 Å². The van der Waals surface area contributed by atoms with Crippen molar-refractivity contribution in [2.45, 2.75) is 20.4 Å². The minimum atomic E-state index is 1.05. The summed E-state index contributed by atoms with van der Waals surface area (Å²) in [5.74, 6) is 0. The third-order valence-electron chi connectivity index (χ3n) is 5.15. The molecular formula is C21H29N3. The summed E-state index contributed by atoms with van der Waals surface area (Å²) in [5, 5.41) is 0. The standard InChI is InChI=1S/C21H29N3/c1-17-6-5-7-21(18(17)2)24-14-12-23(13-15-24)16-19-8-10-20(11-9-19)22(3)4/h5-11H,12-16H2,1-4H3. The third kappa shape index (κ3) is 3.73. The van der Waals surface area contributed by atoms with Crippen LogP contribution in [0, 0.1) is 13.8 Å². The van der Waals surface area contributed by atoms with E-state index in [0.29, 0.717) is 0 Å². The highest BCUT2D eigenvalue weighted by atomic mass is 15.3. The number of aryl methyl sites for hydroxylation is 1. The van der Waals surface area contributed by atoms with Gasteiger partial charge in [0, 0.05) is 58.2 Å². The van der Waals surface area contributed by atoms with Gasteiger partial charge >= 0.3 is 0 Å². The minimum absolute atomic E-state index is 1.05. The molecule has 24 heavy (non-hydrogen) atoms. The van der Waals surface area contributed by atoms with E-state index >= 15 is 0 Å². The van der Waals surface area contributed by atoms with Gasteiger partial charge in [0.05, 0.1) is 0 Å². The highest BCUT2D eigenvalue weighted by Gasteiger charge is 2.18. The molecule has 1 aliphatic heterocycles. The van der Waals surface area contributed by atoms with Crippen LogP contribution in [0.1, 0.15) is 16.7 Å². The van der Waals surface area contributed by atoms with E-state index in [-0.39, 0.29) is 0 Å². The average molecular weight is 323 g/mol. The molecule has 2 aromatic carbocycles. The molecule has 0 aromatic heterocycles. The van der Waals surface area contributed by atoms with Crippen molar-refractivity contribution in [3.05, 3.63) is 59.2 Å². The first-order chi connectivity index (χ1) is 11.5. The van der Waals surface area contributed by atoms with Gasteiger partial charge in [-0.3, -0.25) is 4.90 Å². The van der Waals surface area contributed by atoms with E-state index in [0.717, 1.165) is 32.7 Å². The maximum atomic E-state index is 2.56. The van der Waals surface area contributed by atoms with Gasteiger partial charge < -0.3 is 9.80 Å². The van der Waals surface area contributed by atoms with Crippen molar-refractivity contribution in [3.63, 3.8) is 0 Å². The molecule has 1 heterocycles. The van der Waals surface area contributed by atoms with Gasteiger partial charge in [-0.1, -0.05) is 24.3 Å². The summed E-state index contributed by atoms with van der Waals surface area (Å²) in [7, 11) is 4.17. The molecule has 0 atom stereocenters. The fraction of sp³-hybridized carbons (Fsp3) is 0.429. The monoisotopic (exact) mass is 323 g/mol. The summed E-state index contributed by atoms with van der Waals surface area (Å²) in [6.07, 6.45) is 0. The van der Waals surface area contributed by atoms with Gasteiger partial charge in [-0.2, -0.15) is 0 Å². The first kappa shape index (κ1) is 16.8. The van der Waals surface area contributed by atoms with Gasteiger partial charge in [-0.25, -0.2) is 0 Å². The highest BCUT2D eigenvalue weighted by Crippen LogP contribution is 2.24. The van der Waals surface area contributed by atoms with Crippen LogP contribution in [0.3, 0.4) is 0 Å². The summed E-state index contributed by atoms with van der Waals surface area (Å²) in [4.78, 5) is 7.24. The van der Waals surface area contributed by atoms with Crippen LogP contribution < -0.4 is 9.80 Å². The van der Waals surface area contributed by atoms with E-state index < -0.39 is 0 Å². The zero-order chi connectivity index (χ0) is 17.1. The molecule has 1 aliphatic rings. The maximum absolute atomic E-state index is 2.56. The average Bonchev–Trinajstić information content (AvgIpc) is 2.59. The first-order valence-electron chi connectivity index (χ1n) is 8.84. The molecule has 0 unspecified atom stereocenters. The lowest BCUT2D eigenvalue weighted by atomic mass is 10.1. The van der Waals surface area contributed by atoms with Crippen molar-refractivity contribution in [2.24, 2.45) is 0 Å². The van der Waals surface area contributed by atoms with Crippen molar-refractivity contribution in [1.29, 1.82) is 0 Å². The van der Waals surface area contributed by atoms with Gasteiger partial charge in [-0.05, 0) is 48.7 Å². The van der Waals surface area contributed by atoms with Gasteiger partial charge in [0.1, 0.15) is 0 Å². The van der Waals surface area contributed by atoms with Crippen LogP contribution in [0.2, 0.25) is 0 Å². The normalized spacial score (nSPS) is 15.6. The lowest BCUT2D eigenvalue weighted by Crippen LogP contribution is -2.46. The quantitative estimate of drug-likeness (QED) is 0.849. The van der Waals surface area contributed by atoms with Crippen LogP contribution in [-0.4, -0.2) is 45.2 Å². The molecule has 1 saturated heterocycles. The molecule has 0 bridgehead atoms. The molecule has 128 valence electrons. The van der Waals surface area contributed by atoms with E-state index in [1.807, 2.05) is 0 Å². The Morgan fingerprint density at radius 1 is 0.875 bits per heavy atom. The fourth-order valence-electron chi connectivity index (χ4n) is 3.38. The highest BCUT2D eigenvalue weighted by molar-refractivity contribution is 5.56. The van der Waals surface area contributed by atoms with E-state index in [1.54, 1.807) is 0 Å². The molecular weight excluding hydrogens is 294 g/mol. The molecule has 0 N–H and O–H groups in total. The number of rotatable bonds is 4. The van der Waals surface area contributed by atoms with Crippen LogP contribution in [-0.2, 0) is 6.54 Å². The van der Waals surface area contributed by atoms with Gasteiger partial charge in [0.15, 0.2) is 0 Å². The number of benzene rings is 2. The predicted molar refractivity (Wildman–Crippen MR) is 104 cm³/mol. The third-order valence-corrected chi connectivity index (χ3v) is 5.15. The second-order valence-corrected chi connectivity index (χ2v) is 7.04. The summed E-state index contributed by atoms with van der Waals surface area (Å²) >= 11 is 0. The topological polar surface area (TPSA) is 9.72 Å². The van der Waals surface area contributed by atoms with Crippen LogP contribution in [0.15, 0.2) is 42.5 Å². The van der Waals surface area contributed by atoms with Gasteiger partial charge in [0.2, 0.25) is 0 Å². The maximum Gasteiger partial charge on any atom is 0.0399 e. The van der Waals surface area contributed by atoms with Crippen LogP contribution in [0.4, 0.5) is 11.4 Å². The second kappa shape index (κ2) is 7.27. The Hall–Kier alpha value is -2.00. The Labute approximate surface area is 146 Å². The minimum Gasteiger partial charge on any atom is -0.378 e. The summed E-state index contributed by atoms with van der Waals surface area (Å²) in [6.45, 7) is 9.97. The molecule has 0 radical (unpaired) electrons. The second-order valence-electron chi connectivity index (χ2n) is 7.04. The Kier molecular flexibility index (Phi) is 5.10. The zero-order valence-electron chi connectivity index (χ0n) is 15.4. The molecule has 0 saturated carbocycles. The number of hydrogen-bond acceptors (Lipinski definition) is 3. The molecule has 2 aromatic rings. The van der Waals surface area contributed by atoms with Gasteiger partial charge in [0.25, 0.3) is 0 Å². The molecule has 3 nitrogen and oxygen atoms in total. The van der Waals surface area contributed by atoms with Gasteiger partial charge in [-0.15, -0.1) is 0 Å². The largest absolute Gasteiger partial charge is 0.378 e. The van der Waals surface area contributed by atoms with Crippen molar-refractivity contribution < 1.29 is 0 Å².